The Labute approximate surface area is 215 Å². The maximum absolute atomic E-state index is 13.4. The first-order valence-electron chi connectivity index (χ1n) is 11.5. The van der Waals surface area contributed by atoms with Crippen LogP contribution in [0.5, 0.6) is 0 Å². The molecule has 3 heterocycles. The minimum atomic E-state index is -4.94. The summed E-state index contributed by atoms with van der Waals surface area (Å²) in [5.41, 5.74) is 8.76. The molecule has 2 aliphatic rings. The fraction of sp³-hybridized carbons (Fsp3) is 0.435. The summed E-state index contributed by atoms with van der Waals surface area (Å²) in [7, 11) is 1.37. The number of hydrogen-bond donors (Lipinski definition) is 4. The Hall–Kier alpha value is -4.16. The lowest BCUT2D eigenvalue weighted by atomic mass is 10.1. The highest BCUT2D eigenvalue weighted by Gasteiger charge is 2.40. The molecule has 1 saturated heterocycles. The molecule has 0 aromatic carbocycles. The van der Waals surface area contributed by atoms with E-state index in [2.05, 4.69) is 23.7 Å². The van der Waals surface area contributed by atoms with Gasteiger partial charge < -0.3 is 21.7 Å². The predicted molar refractivity (Wildman–Crippen MR) is 134 cm³/mol. The lowest BCUT2D eigenvalue weighted by Gasteiger charge is -2.39. The van der Waals surface area contributed by atoms with Gasteiger partial charge in [0.05, 0.1) is 17.7 Å². The van der Waals surface area contributed by atoms with Gasteiger partial charge in [-0.05, 0) is 32.0 Å². The third-order valence-corrected chi connectivity index (χ3v) is 6.05. The van der Waals surface area contributed by atoms with E-state index in [0.29, 0.717) is 25.2 Å². The van der Waals surface area contributed by atoms with E-state index in [-0.39, 0.29) is 28.8 Å². The summed E-state index contributed by atoms with van der Waals surface area (Å²) in [4.78, 5) is 47.5. The molecule has 1 aromatic rings. The molecule has 206 valence electrons. The molecule has 1 fully saturated rings. The summed E-state index contributed by atoms with van der Waals surface area (Å²) in [6.45, 7) is 6.03. The molecule has 12 nitrogen and oxygen atoms in total. The van der Waals surface area contributed by atoms with Crippen molar-refractivity contribution in [2.24, 2.45) is 18.5 Å². The molecule has 0 saturated carbocycles. The number of hydroxylamine groups is 1. The number of halogens is 3. The third-order valence-electron chi connectivity index (χ3n) is 6.05. The highest BCUT2D eigenvalue weighted by molar-refractivity contribution is 5.97. The molecule has 1 aromatic heterocycles. The molecule has 2 aliphatic heterocycles. The van der Waals surface area contributed by atoms with Crippen molar-refractivity contribution < 1.29 is 22.9 Å². The molecule has 15 heteroatoms. The van der Waals surface area contributed by atoms with Crippen molar-refractivity contribution in [1.29, 1.82) is 0 Å². The van der Waals surface area contributed by atoms with E-state index >= 15 is 0 Å². The van der Waals surface area contributed by atoms with Crippen molar-refractivity contribution in [2.75, 3.05) is 29.9 Å². The topological polar surface area (TPSA) is 153 Å². The zero-order chi connectivity index (χ0) is 28.2. The van der Waals surface area contributed by atoms with Crippen LogP contribution >= 0.6 is 0 Å². The Bertz CT molecular complexity index is 1340. The van der Waals surface area contributed by atoms with Crippen LogP contribution in [-0.4, -0.2) is 58.2 Å². The van der Waals surface area contributed by atoms with Crippen LogP contribution < -0.4 is 43.4 Å². The van der Waals surface area contributed by atoms with Crippen molar-refractivity contribution in [1.82, 2.24) is 19.7 Å². The minimum Gasteiger partial charge on any atom is -0.405 e. The number of alkyl halides is 3. The Kier molecular flexibility index (Phi) is 8.59. The molecule has 0 radical (unpaired) electrons. The van der Waals surface area contributed by atoms with Crippen molar-refractivity contribution in [3.63, 3.8) is 0 Å². The fourth-order valence-corrected chi connectivity index (χ4v) is 4.29. The Balaban J connectivity index is 2.01. The average Bonchev–Trinajstić information content (AvgIpc) is 3.25. The second kappa shape index (κ2) is 11.5. The van der Waals surface area contributed by atoms with Crippen LogP contribution in [0.1, 0.15) is 19.8 Å². The summed E-state index contributed by atoms with van der Waals surface area (Å²) in [5, 5.41) is 3.17. The lowest BCUT2D eigenvalue weighted by Crippen LogP contribution is -2.56. The second-order valence-corrected chi connectivity index (χ2v) is 8.52. The first-order chi connectivity index (χ1) is 18.0. The van der Waals surface area contributed by atoms with Gasteiger partial charge in [0.1, 0.15) is 5.82 Å². The van der Waals surface area contributed by atoms with E-state index < -0.39 is 40.8 Å². The van der Waals surface area contributed by atoms with Gasteiger partial charge in [0, 0.05) is 26.2 Å². The van der Waals surface area contributed by atoms with Crippen LogP contribution in [0.3, 0.4) is 0 Å². The van der Waals surface area contributed by atoms with Gasteiger partial charge >= 0.3 is 17.4 Å². The van der Waals surface area contributed by atoms with Crippen molar-refractivity contribution in [3.8, 4) is 11.8 Å². The third kappa shape index (κ3) is 5.55. The molecule has 0 spiro atoms. The number of aromatic nitrogens is 2. The number of nitrogens with zero attached hydrogens (tertiary/aromatic N) is 4. The largest absolute Gasteiger partial charge is 0.417 e. The zero-order valence-corrected chi connectivity index (χ0v) is 20.8. The van der Waals surface area contributed by atoms with Gasteiger partial charge in [0.2, 0.25) is 0 Å². The number of fused-ring (bicyclic) bond motifs is 1. The van der Waals surface area contributed by atoms with E-state index in [1.807, 2.05) is 4.90 Å². The van der Waals surface area contributed by atoms with Gasteiger partial charge in [-0.2, -0.15) is 18.7 Å². The van der Waals surface area contributed by atoms with Crippen LogP contribution in [0.2, 0.25) is 0 Å². The highest BCUT2D eigenvalue weighted by Crippen LogP contribution is 2.32. The van der Waals surface area contributed by atoms with Crippen LogP contribution in [-0.2, 0) is 11.8 Å². The first-order valence-corrected chi connectivity index (χ1v) is 11.5. The number of rotatable bonds is 7. The molecule has 2 atom stereocenters. The molecule has 3 rings (SSSR count). The minimum absolute atomic E-state index is 0.0212. The Morgan fingerprint density at radius 3 is 2.66 bits per heavy atom. The number of carbonyl (C=O) groups excluding carboxylic acids is 1. The number of nitrogens with two attached hydrogens (primary N) is 2. The van der Waals surface area contributed by atoms with E-state index in [1.54, 1.807) is 17.3 Å². The van der Waals surface area contributed by atoms with E-state index in [1.165, 1.54) is 7.05 Å². The molecular formula is C23H29F3N8O4. The molecular weight excluding hydrogens is 509 g/mol. The standard InChI is InChI=1S/C23H29F3N8O4/c1-4-6-12-33-17-18(29-21(33)32-11-7-8-14(28)13-32)31(3)22(37)34(20(17)36)38-30-19(35)15(9-10-27)16(5-2)23(24,25)26/h5,9-10,14,21,29H,2,7-8,11-13,27-28H2,1,3H3,(H,30,35)/b10-9-,16-15-. The van der Waals surface area contributed by atoms with Crippen molar-refractivity contribution in [3.05, 3.63) is 56.9 Å². The number of hydrogen-bond acceptors (Lipinski definition) is 9. The van der Waals surface area contributed by atoms with Gasteiger partial charge in [-0.15, -0.1) is 5.92 Å². The monoisotopic (exact) mass is 538 g/mol. The van der Waals surface area contributed by atoms with Crippen LogP contribution in [0, 0.1) is 11.8 Å². The van der Waals surface area contributed by atoms with Gasteiger partial charge in [0.25, 0.3) is 5.91 Å². The maximum Gasteiger partial charge on any atom is 0.417 e. The predicted octanol–water partition coefficient (Wildman–Crippen LogP) is -0.514. The van der Waals surface area contributed by atoms with Gasteiger partial charge in [-0.25, -0.2) is 4.79 Å². The summed E-state index contributed by atoms with van der Waals surface area (Å²) < 4.78 is 41.3. The second-order valence-electron chi connectivity index (χ2n) is 8.52. The molecule has 0 aliphatic carbocycles. The summed E-state index contributed by atoms with van der Waals surface area (Å²) in [6, 6.07) is -0.0747. The average molecular weight is 539 g/mol. The van der Waals surface area contributed by atoms with E-state index in [4.69, 9.17) is 16.4 Å². The van der Waals surface area contributed by atoms with E-state index in [9.17, 15) is 27.6 Å². The Morgan fingerprint density at radius 1 is 1.37 bits per heavy atom. The fourth-order valence-electron chi connectivity index (χ4n) is 4.29. The first kappa shape index (κ1) is 28.4. The molecule has 38 heavy (non-hydrogen) atoms. The summed E-state index contributed by atoms with van der Waals surface area (Å²) in [6.07, 6.45) is -1.97. The van der Waals surface area contributed by atoms with Crippen molar-refractivity contribution in [2.45, 2.75) is 38.3 Å². The molecule has 0 bridgehead atoms. The number of piperidine rings is 1. The zero-order valence-electron chi connectivity index (χ0n) is 20.8. The quantitative estimate of drug-likeness (QED) is 0.156. The normalized spacial score (nSPS) is 20.2. The molecule has 6 N–H and O–H groups in total. The number of nitrogens with one attached hydrogen (secondary N) is 2. The van der Waals surface area contributed by atoms with E-state index in [0.717, 1.165) is 23.6 Å². The van der Waals surface area contributed by atoms with Crippen molar-refractivity contribution >= 4 is 17.4 Å². The SMILES string of the molecule is C=C/C(=C(\C=C/N)C(=O)NOn1c(=O)c2c(n(C)c1=O)NC(N1CCCC(N)C1)N2CC#CC)C(F)(F)F. The highest BCUT2D eigenvalue weighted by atomic mass is 19.4. The smallest absolute Gasteiger partial charge is 0.405 e. The number of carbonyl (C=O) groups is 1. The van der Waals surface area contributed by atoms with Gasteiger partial charge in [-0.3, -0.25) is 24.0 Å². The number of amides is 1. The maximum atomic E-state index is 13.4. The van der Waals surface area contributed by atoms with Gasteiger partial charge in [0.15, 0.2) is 12.0 Å². The van der Waals surface area contributed by atoms with Crippen LogP contribution in [0.15, 0.2) is 45.7 Å². The Morgan fingerprint density at radius 2 is 2.08 bits per heavy atom. The summed E-state index contributed by atoms with van der Waals surface area (Å²) >= 11 is 0. The van der Waals surface area contributed by atoms with Crippen LogP contribution in [0.4, 0.5) is 24.7 Å². The van der Waals surface area contributed by atoms with Gasteiger partial charge in [-0.1, -0.05) is 23.3 Å². The number of anilines is 2. The molecule has 1 amide bonds. The van der Waals surface area contributed by atoms with Crippen LogP contribution in [0.25, 0.3) is 0 Å². The number of allylic oxidation sites excluding steroid dienone is 2. The summed E-state index contributed by atoms with van der Waals surface area (Å²) in [5.74, 6) is 4.42. The molecule has 2 unspecified atom stereocenters. The lowest BCUT2D eigenvalue weighted by molar-refractivity contribution is -0.131. The number of likely N-dealkylation sites (tertiary alicyclic amines) is 1.